The van der Waals surface area contributed by atoms with Crippen molar-refractivity contribution >= 4 is 45.4 Å². The van der Waals surface area contributed by atoms with Crippen molar-refractivity contribution in [3.05, 3.63) is 113 Å². The average Bonchev–Trinajstić information content (AvgIpc) is 3.17. The number of hydrogen-bond donors (Lipinski definition) is 0. The highest BCUT2D eigenvalue weighted by molar-refractivity contribution is 8.18. The summed E-state index contributed by atoms with van der Waals surface area (Å²) in [7, 11) is 1.66. The average molecular weight is 465 g/mol. The van der Waals surface area contributed by atoms with E-state index in [0.717, 1.165) is 34.2 Å². The van der Waals surface area contributed by atoms with Crippen LogP contribution in [0.2, 0.25) is 0 Å². The lowest BCUT2D eigenvalue weighted by atomic mass is 10.0. The summed E-state index contributed by atoms with van der Waals surface area (Å²) in [5.41, 5.74) is 2.92. The van der Waals surface area contributed by atoms with E-state index in [4.69, 9.17) is 9.73 Å². The van der Waals surface area contributed by atoms with Crippen LogP contribution in [0.3, 0.4) is 0 Å². The molecule has 0 radical (unpaired) electrons. The molecular formula is C29H24N2O2S. The molecule has 4 aromatic rings. The number of methoxy groups -OCH3 is 1. The number of thioether (sulfide) groups is 1. The Labute approximate surface area is 203 Å². The van der Waals surface area contributed by atoms with Crippen LogP contribution < -0.4 is 4.74 Å². The standard InChI is InChI=1S/C29H24N2O2S/c1-33-26-17-16-22-12-8-9-15-24(22)25(26)20-27-28(32)31(19-18-21-10-4-2-5-11-21)29(34-27)30-23-13-6-3-7-14-23/h2-17,20H,18-19H2,1H3/b27-20+,30-29?. The molecule has 4 aromatic carbocycles. The second kappa shape index (κ2) is 9.98. The number of para-hydroxylation sites is 1. The zero-order valence-corrected chi connectivity index (χ0v) is 19.7. The van der Waals surface area contributed by atoms with E-state index in [9.17, 15) is 4.79 Å². The van der Waals surface area contributed by atoms with E-state index < -0.39 is 0 Å². The van der Waals surface area contributed by atoms with E-state index in [0.29, 0.717) is 16.6 Å². The van der Waals surface area contributed by atoms with E-state index >= 15 is 0 Å². The molecule has 0 N–H and O–H groups in total. The number of aliphatic imine (C=N–C) groups is 1. The van der Waals surface area contributed by atoms with Crippen molar-refractivity contribution in [2.45, 2.75) is 6.42 Å². The third-order valence-corrected chi connectivity index (χ3v) is 6.77. The smallest absolute Gasteiger partial charge is 0.266 e. The summed E-state index contributed by atoms with van der Waals surface area (Å²) < 4.78 is 5.64. The second-order valence-electron chi connectivity index (χ2n) is 7.94. The quantitative estimate of drug-likeness (QED) is 0.298. The summed E-state index contributed by atoms with van der Waals surface area (Å²) in [6, 6.07) is 32.1. The van der Waals surface area contributed by atoms with Gasteiger partial charge in [-0.25, -0.2) is 4.99 Å². The molecule has 0 bridgehead atoms. The zero-order valence-electron chi connectivity index (χ0n) is 18.8. The summed E-state index contributed by atoms with van der Waals surface area (Å²) >= 11 is 1.41. The number of amidine groups is 1. The minimum Gasteiger partial charge on any atom is -0.496 e. The fourth-order valence-corrected chi connectivity index (χ4v) is 5.03. The van der Waals surface area contributed by atoms with Gasteiger partial charge in [-0.1, -0.05) is 78.9 Å². The van der Waals surface area contributed by atoms with Gasteiger partial charge in [-0.3, -0.25) is 9.69 Å². The topological polar surface area (TPSA) is 41.9 Å². The summed E-state index contributed by atoms with van der Waals surface area (Å²) in [5, 5.41) is 2.84. The minimum atomic E-state index is -0.0365. The van der Waals surface area contributed by atoms with Gasteiger partial charge in [0.2, 0.25) is 0 Å². The normalized spacial score (nSPS) is 16.0. The predicted octanol–water partition coefficient (Wildman–Crippen LogP) is 6.70. The first-order valence-corrected chi connectivity index (χ1v) is 12.0. The summed E-state index contributed by atoms with van der Waals surface area (Å²) in [6.45, 7) is 0.561. The molecule has 1 heterocycles. The van der Waals surface area contributed by atoms with Crippen LogP contribution in [-0.4, -0.2) is 29.6 Å². The Kier molecular flexibility index (Phi) is 6.45. The van der Waals surface area contributed by atoms with Crippen molar-refractivity contribution < 1.29 is 9.53 Å². The number of rotatable bonds is 6. The number of carbonyl (C=O) groups excluding carboxylic acids is 1. The van der Waals surface area contributed by atoms with Gasteiger partial charge in [0.15, 0.2) is 5.17 Å². The molecular weight excluding hydrogens is 440 g/mol. The SMILES string of the molecule is COc1ccc2ccccc2c1/C=C1/SC(=Nc2ccccc2)N(CCc2ccccc2)C1=O. The molecule has 0 unspecified atom stereocenters. The largest absolute Gasteiger partial charge is 0.496 e. The van der Waals surface area contributed by atoms with Crippen molar-refractivity contribution in [2.24, 2.45) is 4.99 Å². The second-order valence-corrected chi connectivity index (χ2v) is 8.94. The Morgan fingerprint density at radius 3 is 2.35 bits per heavy atom. The molecule has 5 rings (SSSR count). The van der Waals surface area contributed by atoms with Crippen molar-refractivity contribution in [1.82, 2.24) is 4.90 Å². The first-order chi connectivity index (χ1) is 16.7. The third-order valence-electron chi connectivity index (χ3n) is 5.76. The summed E-state index contributed by atoms with van der Waals surface area (Å²) in [5.74, 6) is 0.703. The number of nitrogens with zero attached hydrogens (tertiary/aromatic N) is 2. The molecule has 1 aliphatic rings. The molecule has 1 amide bonds. The lowest BCUT2D eigenvalue weighted by Gasteiger charge is -2.15. The van der Waals surface area contributed by atoms with Gasteiger partial charge in [0, 0.05) is 12.1 Å². The molecule has 0 spiro atoms. The molecule has 1 saturated heterocycles. The first kappa shape index (κ1) is 22.0. The first-order valence-electron chi connectivity index (χ1n) is 11.2. The summed E-state index contributed by atoms with van der Waals surface area (Å²) in [4.78, 5) is 20.8. The van der Waals surface area contributed by atoms with E-state index in [1.165, 1.54) is 17.3 Å². The Morgan fingerprint density at radius 1 is 0.882 bits per heavy atom. The number of hydrogen-bond acceptors (Lipinski definition) is 4. The van der Waals surface area contributed by atoms with E-state index in [2.05, 4.69) is 24.3 Å². The zero-order chi connectivity index (χ0) is 23.3. The van der Waals surface area contributed by atoms with Gasteiger partial charge in [0.05, 0.1) is 17.7 Å². The predicted molar refractivity (Wildman–Crippen MR) is 141 cm³/mol. The van der Waals surface area contributed by atoms with Crippen LogP contribution >= 0.6 is 11.8 Å². The Hall–Kier alpha value is -3.83. The number of amides is 1. The molecule has 168 valence electrons. The molecule has 34 heavy (non-hydrogen) atoms. The van der Waals surface area contributed by atoms with Gasteiger partial charge < -0.3 is 4.74 Å². The molecule has 4 nitrogen and oxygen atoms in total. The van der Waals surface area contributed by atoms with Crippen LogP contribution in [0.15, 0.2) is 107 Å². The molecule has 0 saturated carbocycles. The highest BCUT2D eigenvalue weighted by Crippen LogP contribution is 2.37. The van der Waals surface area contributed by atoms with Crippen molar-refractivity contribution in [3.8, 4) is 5.75 Å². The molecule has 0 atom stereocenters. The lowest BCUT2D eigenvalue weighted by molar-refractivity contribution is -0.122. The summed E-state index contributed by atoms with van der Waals surface area (Å²) in [6.07, 6.45) is 2.70. The number of carbonyl (C=O) groups is 1. The fourth-order valence-electron chi connectivity index (χ4n) is 4.02. The van der Waals surface area contributed by atoms with Gasteiger partial charge in [-0.15, -0.1) is 0 Å². The lowest BCUT2D eigenvalue weighted by Crippen LogP contribution is -2.31. The van der Waals surface area contributed by atoms with Crippen LogP contribution in [0.4, 0.5) is 5.69 Å². The van der Waals surface area contributed by atoms with Gasteiger partial charge in [0.1, 0.15) is 5.75 Å². The van der Waals surface area contributed by atoms with Crippen LogP contribution in [0.25, 0.3) is 16.8 Å². The molecule has 0 aliphatic carbocycles. The number of benzene rings is 4. The van der Waals surface area contributed by atoms with Crippen molar-refractivity contribution in [1.29, 1.82) is 0 Å². The van der Waals surface area contributed by atoms with Gasteiger partial charge in [-0.05, 0) is 58.8 Å². The van der Waals surface area contributed by atoms with Crippen LogP contribution in [0, 0.1) is 0 Å². The molecule has 0 aromatic heterocycles. The maximum absolute atomic E-state index is 13.6. The molecule has 1 fully saturated rings. The van der Waals surface area contributed by atoms with Gasteiger partial charge in [-0.2, -0.15) is 0 Å². The van der Waals surface area contributed by atoms with Crippen molar-refractivity contribution in [3.63, 3.8) is 0 Å². The highest BCUT2D eigenvalue weighted by Gasteiger charge is 2.33. The Balaban J connectivity index is 1.54. The van der Waals surface area contributed by atoms with E-state index in [-0.39, 0.29) is 5.91 Å². The Morgan fingerprint density at radius 2 is 1.59 bits per heavy atom. The van der Waals surface area contributed by atoms with E-state index in [1.807, 2.05) is 78.9 Å². The molecule has 5 heteroatoms. The maximum Gasteiger partial charge on any atom is 0.266 e. The Bertz CT molecular complexity index is 1380. The van der Waals surface area contributed by atoms with E-state index in [1.54, 1.807) is 12.0 Å². The number of ether oxygens (including phenoxy) is 1. The van der Waals surface area contributed by atoms with Gasteiger partial charge in [0.25, 0.3) is 5.91 Å². The number of fused-ring (bicyclic) bond motifs is 1. The van der Waals surface area contributed by atoms with Crippen molar-refractivity contribution in [2.75, 3.05) is 13.7 Å². The fraction of sp³-hybridized carbons (Fsp3) is 0.103. The minimum absolute atomic E-state index is 0.0365. The maximum atomic E-state index is 13.6. The van der Waals surface area contributed by atoms with Crippen LogP contribution in [0.1, 0.15) is 11.1 Å². The van der Waals surface area contributed by atoms with Gasteiger partial charge >= 0.3 is 0 Å². The van der Waals surface area contributed by atoms with Crippen LogP contribution in [0.5, 0.6) is 5.75 Å². The third kappa shape index (κ3) is 4.61. The highest BCUT2D eigenvalue weighted by atomic mass is 32.2. The molecule has 1 aliphatic heterocycles. The monoisotopic (exact) mass is 464 g/mol. The van der Waals surface area contributed by atoms with Crippen LogP contribution in [-0.2, 0) is 11.2 Å².